The van der Waals surface area contributed by atoms with Crippen molar-refractivity contribution >= 4 is 0 Å². The molecule has 1 aliphatic carbocycles. The minimum Gasteiger partial charge on any atom is -0.393 e. The maximum Gasteiger partial charge on any atom is 0.0650 e. The predicted octanol–water partition coefficient (Wildman–Crippen LogP) is 3.09. The van der Waals surface area contributed by atoms with Gasteiger partial charge in [0.2, 0.25) is 0 Å². The lowest BCUT2D eigenvalue weighted by atomic mass is 10.1. The molecular formula is C14H24N2O. The van der Waals surface area contributed by atoms with Gasteiger partial charge in [0.1, 0.15) is 0 Å². The maximum absolute atomic E-state index is 9.86. The van der Waals surface area contributed by atoms with Crippen LogP contribution in [0.5, 0.6) is 0 Å². The van der Waals surface area contributed by atoms with Gasteiger partial charge in [0, 0.05) is 12.6 Å². The molecule has 0 saturated heterocycles. The smallest absolute Gasteiger partial charge is 0.0650 e. The summed E-state index contributed by atoms with van der Waals surface area (Å²) in [5.41, 5.74) is 1.04. The Morgan fingerprint density at radius 2 is 2.24 bits per heavy atom. The average molecular weight is 236 g/mol. The highest BCUT2D eigenvalue weighted by atomic mass is 16.3. The van der Waals surface area contributed by atoms with Crippen LogP contribution in [0.25, 0.3) is 0 Å². The summed E-state index contributed by atoms with van der Waals surface area (Å²) < 4.78 is 2.11. The molecule has 1 aromatic rings. The van der Waals surface area contributed by atoms with Crippen LogP contribution in [-0.4, -0.2) is 21.0 Å². The zero-order chi connectivity index (χ0) is 12.1. The van der Waals surface area contributed by atoms with Gasteiger partial charge in [-0.15, -0.1) is 0 Å². The highest BCUT2D eigenvalue weighted by Crippen LogP contribution is 2.28. The second-order valence-corrected chi connectivity index (χ2v) is 5.23. The third-order valence-electron chi connectivity index (χ3n) is 3.70. The van der Waals surface area contributed by atoms with E-state index in [9.17, 15) is 5.11 Å². The first-order chi connectivity index (χ1) is 8.29. The molecule has 0 bridgehead atoms. The summed E-state index contributed by atoms with van der Waals surface area (Å²) in [7, 11) is 0. The van der Waals surface area contributed by atoms with Gasteiger partial charge in [-0.05, 0) is 25.3 Å². The Bertz CT molecular complexity index is 329. The van der Waals surface area contributed by atoms with Gasteiger partial charge in [0.05, 0.1) is 17.8 Å². The van der Waals surface area contributed by atoms with E-state index in [1.54, 1.807) is 0 Å². The molecule has 1 heterocycles. The van der Waals surface area contributed by atoms with Crippen molar-refractivity contribution in [1.82, 2.24) is 9.78 Å². The first-order valence-corrected chi connectivity index (χ1v) is 7.01. The molecule has 3 heteroatoms. The third-order valence-corrected chi connectivity index (χ3v) is 3.70. The second-order valence-electron chi connectivity index (χ2n) is 5.23. The van der Waals surface area contributed by atoms with Crippen LogP contribution in [0.4, 0.5) is 0 Å². The van der Waals surface area contributed by atoms with Crippen molar-refractivity contribution in [3.8, 4) is 0 Å². The molecule has 2 rings (SSSR count). The molecule has 1 aliphatic rings. The molecule has 0 aromatic carbocycles. The van der Waals surface area contributed by atoms with Crippen molar-refractivity contribution in [2.45, 2.75) is 70.4 Å². The normalized spacial score (nSPS) is 18.7. The van der Waals surface area contributed by atoms with Crippen LogP contribution in [0.2, 0.25) is 0 Å². The van der Waals surface area contributed by atoms with E-state index in [1.807, 2.05) is 0 Å². The van der Waals surface area contributed by atoms with Crippen molar-refractivity contribution in [2.24, 2.45) is 0 Å². The van der Waals surface area contributed by atoms with Crippen molar-refractivity contribution in [3.05, 3.63) is 18.0 Å². The van der Waals surface area contributed by atoms with Crippen LogP contribution >= 0.6 is 0 Å². The number of rotatable bonds is 6. The number of hydrogen-bond acceptors (Lipinski definition) is 2. The van der Waals surface area contributed by atoms with E-state index in [0.717, 1.165) is 25.0 Å². The minimum atomic E-state index is -0.220. The van der Waals surface area contributed by atoms with E-state index >= 15 is 0 Å². The summed E-state index contributed by atoms with van der Waals surface area (Å²) in [4.78, 5) is 0. The molecule has 1 unspecified atom stereocenters. The quantitative estimate of drug-likeness (QED) is 0.824. The Kier molecular flexibility index (Phi) is 4.60. The molecule has 0 spiro atoms. The molecule has 17 heavy (non-hydrogen) atoms. The second kappa shape index (κ2) is 6.20. The fourth-order valence-electron chi connectivity index (χ4n) is 2.64. The van der Waals surface area contributed by atoms with Crippen molar-refractivity contribution in [3.63, 3.8) is 0 Å². The van der Waals surface area contributed by atoms with Gasteiger partial charge in [-0.25, -0.2) is 0 Å². The zero-order valence-corrected chi connectivity index (χ0v) is 10.8. The SMILES string of the molecule is CCCCC(O)Cc1ccn(C2CCCC2)n1. The molecule has 3 nitrogen and oxygen atoms in total. The Balaban J connectivity index is 1.84. The maximum atomic E-state index is 9.86. The molecule has 1 fully saturated rings. The highest BCUT2D eigenvalue weighted by molar-refractivity contribution is 5.01. The zero-order valence-electron chi connectivity index (χ0n) is 10.8. The molecule has 0 radical (unpaired) electrons. The van der Waals surface area contributed by atoms with E-state index < -0.39 is 0 Å². The number of aliphatic hydroxyl groups is 1. The molecule has 0 aliphatic heterocycles. The Morgan fingerprint density at radius 1 is 1.47 bits per heavy atom. The molecule has 0 amide bonds. The van der Waals surface area contributed by atoms with Gasteiger partial charge in [-0.3, -0.25) is 4.68 Å². The third kappa shape index (κ3) is 3.56. The van der Waals surface area contributed by atoms with Gasteiger partial charge in [0.25, 0.3) is 0 Å². The van der Waals surface area contributed by atoms with E-state index in [0.29, 0.717) is 12.5 Å². The van der Waals surface area contributed by atoms with Gasteiger partial charge >= 0.3 is 0 Å². The highest BCUT2D eigenvalue weighted by Gasteiger charge is 2.18. The fourth-order valence-corrected chi connectivity index (χ4v) is 2.64. The lowest BCUT2D eigenvalue weighted by Crippen LogP contribution is -2.12. The van der Waals surface area contributed by atoms with Crippen molar-refractivity contribution < 1.29 is 5.11 Å². The van der Waals surface area contributed by atoms with E-state index in [4.69, 9.17) is 0 Å². The Morgan fingerprint density at radius 3 is 2.94 bits per heavy atom. The summed E-state index contributed by atoms with van der Waals surface area (Å²) in [6.07, 6.45) is 10.9. The topological polar surface area (TPSA) is 38.0 Å². The molecule has 1 N–H and O–H groups in total. The largest absolute Gasteiger partial charge is 0.393 e. The van der Waals surface area contributed by atoms with Crippen molar-refractivity contribution in [1.29, 1.82) is 0 Å². The first kappa shape index (κ1) is 12.6. The standard InChI is InChI=1S/C14H24N2O/c1-2-3-8-14(17)11-12-9-10-16(15-12)13-6-4-5-7-13/h9-10,13-14,17H,2-8,11H2,1H3. The van der Waals surface area contributed by atoms with Gasteiger partial charge in [0.15, 0.2) is 0 Å². The summed E-state index contributed by atoms with van der Waals surface area (Å²) >= 11 is 0. The van der Waals surface area contributed by atoms with Crippen LogP contribution < -0.4 is 0 Å². The molecule has 1 aromatic heterocycles. The van der Waals surface area contributed by atoms with Crippen LogP contribution in [0.3, 0.4) is 0 Å². The number of aromatic nitrogens is 2. The lowest BCUT2D eigenvalue weighted by Gasteiger charge is -2.10. The van der Waals surface area contributed by atoms with Crippen LogP contribution in [0, 0.1) is 0 Å². The number of nitrogens with zero attached hydrogens (tertiary/aromatic N) is 2. The van der Waals surface area contributed by atoms with Crippen molar-refractivity contribution in [2.75, 3.05) is 0 Å². The minimum absolute atomic E-state index is 0.220. The first-order valence-electron chi connectivity index (χ1n) is 7.01. The average Bonchev–Trinajstić information content (AvgIpc) is 2.95. The fraction of sp³-hybridized carbons (Fsp3) is 0.786. The van der Waals surface area contributed by atoms with Crippen LogP contribution in [0.15, 0.2) is 12.3 Å². The number of unbranched alkanes of at least 4 members (excludes halogenated alkanes) is 1. The summed E-state index contributed by atoms with van der Waals surface area (Å²) in [6.45, 7) is 2.15. The lowest BCUT2D eigenvalue weighted by molar-refractivity contribution is 0.160. The number of aliphatic hydroxyl groups excluding tert-OH is 1. The van der Waals surface area contributed by atoms with E-state index in [1.165, 1.54) is 25.7 Å². The van der Waals surface area contributed by atoms with Gasteiger partial charge in [-0.1, -0.05) is 32.6 Å². The summed E-state index contributed by atoms with van der Waals surface area (Å²) in [6, 6.07) is 2.67. The van der Waals surface area contributed by atoms with E-state index in [-0.39, 0.29) is 6.10 Å². The van der Waals surface area contributed by atoms with E-state index in [2.05, 4.69) is 29.0 Å². The number of hydrogen-bond donors (Lipinski definition) is 1. The van der Waals surface area contributed by atoms with Gasteiger partial charge in [-0.2, -0.15) is 5.10 Å². The summed E-state index contributed by atoms with van der Waals surface area (Å²) in [5.74, 6) is 0. The monoisotopic (exact) mass is 236 g/mol. The Labute approximate surface area is 104 Å². The molecule has 1 saturated carbocycles. The van der Waals surface area contributed by atoms with Gasteiger partial charge < -0.3 is 5.11 Å². The predicted molar refractivity (Wildman–Crippen MR) is 69.0 cm³/mol. The Hall–Kier alpha value is -0.830. The molecular weight excluding hydrogens is 212 g/mol. The van der Waals surface area contributed by atoms with Crippen LogP contribution in [0.1, 0.15) is 63.6 Å². The van der Waals surface area contributed by atoms with Crippen LogP contribution in [-0.2, 0) is 6.42 Å². The molecule has 96 valence electrons. The summed E-state index contributed by atoms with van der Waals surface area (Å²) in [5, 5.41) is 14.5. The molecule has 1 atom stereocenters.